The highest BCUT2D eigenvalue weighted by molar-refractivity contribution is 5.76. The molecule has 1 rings (SSSR count). The summed E-state index contributed by atoms with van der Waals surface area (Å²) in [5.74, 6) is 0.323. The normalized spacial score (nSPS) is 24.5. The van der Waals surface area contributed by atoms with Gasteiger partial charge in [-0.25, -0.2) is 0 Å². The first-order valence-electron chi connectivity index (χ1n) is 5.81. The van der Waals surface area contributed by atoms with Crippen molar-refractivity contribution in [3.05, 3.63) is 0 Å². The molecule has 0 radical (unpaired) electrons. The molecule has 3 N–H and O–H groups in total. The Bertz CT molecular complexity index is 179. The number of nitrogens with zero attached hydrogens (tertiary/aromatic N) is 1. The average molecular weight is 197 g/mol. The number of hydrogen-bond donors (Lipinski definition) is 2. The van der Waals surface area contributed by atoms with Gasteiger partial charge in [0.15, 0.2) is 0 Å². The molecule has 0 spiro atoms. The minimum atomic E-state index is 0.323. The van der Waals surface area contributed by atoms with Gasteiger partial charge in [0.2, 0.25) is 0 Å². The fourth-order valence-electron chi connectivity index (χ4n) is 2.26. The van der Waals surface area contributed by atoms with Crippen LogP contribution in [0.5, 0.6) is 0 Å². The van der Waals surface area contributed by atoms with Crippen molar-refractivity contribution in [3.63, 3.8) is 0 Å². The lowest BCUT2D eigenvalue weighted by Gasteiger charge is -2.28. The van der Waals surface area contributed by atoms with E-state index >= 15 is 0 Å². The third-order valence-corrected chi connectivity index (χ3v) is 3.14. The van der Waals surface area contributed by atoms with Crippen LogP contribution >= 0.6 is 0 Å². The third kappa shape index (κ3) is 3.66. The molecule has 1 saturated heterocycles. The average Bonchev–Trinajstić information content (AvgIpc) is 2.38. The van der Waals surface area contributed by atoms with E-state index in [4.69, 9.17) is 11.1 Å². The van der Waals surface area contributed by atoms with Gasteiger partial charge < -0.3 is 5.73 Å². The molecular weight excluding hydrogens is 174 g/mol. The van der Waals surface area contributed by atoms with Crippen molar-refractivity contribution in [3.8, 4) is 0 Å². The van der Waals surface area contributed by atoms with Crippen LogP contribution < -0.4 is 5.73 Å². The summed E-state index contributed by atoms with van der Waals surface area (Å²) in [4.78, 5) is 2.52. The maximum absolute atomic E-state index is 7.24. The zero-order valence-electron chi connectivity index (χ0n) is 9.26. The van der Waals surface area contributed by atoms with Crippen LogP contribution in [0.15, 0.2) is 0 Å². The molecule has 0 aliphatic carbocycles. The maximum Gasteiger partial charge on any atom is 0.0918 e. The smallest absolute Gasteiger partial charge is 0.0918 e. The lowest BCUT2D eigenvalue weighted by molar-refractivity contribution is 0.200. The van der Waals surface area contributed by atoms with Gasteiger partial charge in [-0.3, -0.25) is 10.3 Å². The Balaban J connectivity index is 2.39. The summed E-state index contributed by atoms with van der Waals surface area (Å²) in [6.07, 6.45) is 7.35. The van der Waals surface area contributed by atoms with Crippen LogP contribution in [0.2, 0.25) is 0 Å². The minimum Gasteiger partial charge on any atom is -0.388 e. The summed E-state index contributed by atoms with van der Waals surface area (Å²) >= 11 is 0. The SMILES string of the molecule is CCC1CCCCCN1CCC(=N)N. The van der Waals surface area contributed by atoms with E-state index in [1.54, 1.807) is 0 Å². The second-order valence-electron chi connectivity index (χ2n) is 4.22. The Morgan fingerprint density at radius 1 is 1.43 bits per heavy atom. The molecule has 82 valence electrons. The Morgan fingerprint density at radius 3 is 2.86 bits per heavy atom. The van der Waals surface area contributed by atoms with Gasteiger partial charge in [0.25, 0.3) is 0 Å². The molecule has 0 saturated carbocycles. The standard InChI is InChI=1S/C11H23N3/c1-2-10-6-4-3-5-8-14(10)9-7-11(12)13/h10H,2-9H2,1H3,(H3,12,13). The van der Waals surface area contributed by atoms with Gasteiger partial charge in [-0.2, -0.15) is 0 Å². The zero-order chi connectivity index (χ0) is 10.4. The summed E-state index contributed by atoms with van der Waals surface area (Å²) in [5.41, 5.74) is 5.39. The number of nitrogens with one attached hydrogen (secondary N) is 1. The Hall–Kier alpha value is -0.570. The van der Waals surface area contributed by atoms with Crippen molar-refractivity contribution < 1.29 is 0 Å². The van der Waals surface area contributed by atoms with Crippen molar-refractivity contribution in [1.82, 2.24) is 4.90 Å². The van der Waals surface area contributed by atoms with Crippen LogP contribution in [0.4, 0.5) is 0 Å². The first kappa shape index (κ1) is 11.5. The summed E-state index contributed by atoms with van der Waals surface area (Å²) < 4.78 is 0. The van der Waals surface area contributed by atoms with Crippen molar-refractivity contribution in [2.45, 2.75) is 51.5 Å². The summed E-state index contributed by atoms with van der Waals surface area (Å²) in [7, 11) is 0. The first-order chi connectivity index (χ1) is 6.74. The Labute approximate surface area is 87.2 Å². The fourth-order valence-corrected chi connectivity index (χ4v) is 2.26. The van der Waals surface area contributed by atoms with Crippen LogP contribution in [-0.4, -0.2) is 29.9 Å². The number of likely N-dealkylation sites (tertiary alicyclic amines) is 1. The van der Waals surface area contributed by atoms with Gasteiger partial charge in [0.1, 0.15) is 0 Å². The maximum atomic E-state index is 7.24. The van der Waals surface area contributed by atoms with E-state index in [-0.39, 0.29) is 0 Å². The highest BCUT2D eigenvalue weighted by Gasteiger charge is 2.18. The second-order valence-corrected chi connectivity index (χ2v) is 4.22. The van der Waals surface area contributed by atoms with E-state index in [1.807, 2.05) is 0 Å². The largest absolute Gasteiger partial charge is 0.388 e. The lowest BCUT2D eigenvalue weighted by Crippen LogP contribution is -2.36. The molecule has 1 heterocycles. The lowest BCUT2D eigenvalue weighted by atomic mass is 10.1. The molecule has 14 heavy (non-hydrogen) atoms. The number of nitrogens with two attached hydrogens (primary N) is 1. The molecular formula is C11H23N3. The van der Waals surface area contributed by atoms with E-state index in [2.05, 4.69) is 11.8 Å². The van der Waals surface area contributed by atoms with Crippen molar-refractivity contribution in [2.24, 2.45) is 5.73 Å². The number of amidine groups is 1. The second kappa shape index (κ2) is 6.02. The predicted octanol–water partition coefficient (Wildman–Crippen LogP) is 1.97. The molecule has 0 amide bonds. The fraction of sp³-hybridized carbons (Fsp3) is 0.909. The van der Waals surface area contributed by atoms with Crippen LogP contribution in [0.25, 0.3) is 0 Å². The molecule has 3 nitrogen and oxygen atoms in total. The highest BCUT2D eigenvalue weighted by atomic mass is 15.2. The molecule has 1 aliphatic heterocycles. The van der Waals surface area contributed by atoms with Gasteiger partial charge in [0, 0.05) is 19.0 Å². The van der Waals surface area contributed by atoms with Gasteiger partial charge in [-0.1, -0.05) is 19.8 Å². The minimum absolute atomic E-state index is 0.323. The molecule has 0 aromatic rings. The topological polar surface area (TPSA) is 53.1 Å². The third-order valence-electron chi connectivity index (χ3n) is 3.14. The monoisotopic (exact) mass is 197 g/mol. The number of rotatable bonds is 4. The van der Waals surface area contributed by atoms with Gasteiger partial charge in [0.05, 0.1) is 5.84 Å². The molecule has 0 aromatic heterocycles. The Kier molecular flexibility index (Phi) is 4.94. The quantitative estimate of drug-likeness (QED) is 0.535. The van der Waals surface area contributed by atoms with Gasteiger partial charge in [-0.15, -0.1) is 0 Å². The number of hydrogen-bond acceptors (Lipinski definition) is 2. The van der Waals surface area contributed by atoms with E-state index in [9.17, 15) is 0 Å². The molecule has 1 atom stereocenters. The van der Waals surface area contributed by atoms with Crippen molar-refractivity contribution >= 4 is 5.84 Å². The molecule has 1 aliphatic rings. The van der Waals surface area contributed by atoms with E-state index in [0.717, 1.165) is 19.0 Å². The predicted molar refractivity (Wildman–Crippen MR) is 60.7 cm³/mol. The van der Waals surface area contributed by atoms with Gasteiger partial charge >= 0.3 is 0 Å². The molecule has 0 bridgehead atoms. The van der Waals surface area contributed by atoms with Crippen molar-refractivity contribution in [1.29, 1.82) is 5.41 Å². The Morgan fingerprint density at radius 2 is 2.21 bits per heavy atom. The molecule has 1 fully saturated rings. The molecule has 0 aromatic carbocycles. The van der Waals surface area contributed by atoms with E-state index < -0.39 is 0 Å². The highest BCUT2D eigenvalue weighted by Crippen LogP contribution is 2.18. The van der Waals surface area contributed by atoms with E-state index in [0.29, 0.717) is 5.84 Å². The zero-order valence-corrected chi connectivity index (χ0v) is 9.26. The molecule has 1 unspecified atom stereocenters. The van der Waals surface area contributed by atoms with Crippen LogP contribution in [0.1, 0.15) is 45.4 Å². The van der Waals surface area contributed by atoms with Crippen molar-refractivity contribution in [2.75, 3.05) is 13.1 Å². The molecule has 3 heteroatoms. The summed E-state index contributed by atoms with van der Waals surface area (Å²) in [6, 6.07) is 0.733. The summed E-state index contributed by atoms with van der Waals surface area (Å²) in [6.45, 7) is 4.44. The van der Waals surface area contributed by atoms with Crippen LogP contribution in [0.3, 0.4) is 0 Å². The van der Waals surface area contributed by atoms with E-state index in [1.165, 1.54) is 38.6 Å². The van der Waals surface area contributed by atoms with Gasteiger partial charge in [-0.05, 0) is 25.8 Å². The van der Waals surface area contributed by atoms with Crippen LogP contribution in [0, 0.1) is 5.41 Å². The van der Waals surface area contributed by atoms with Crippen LogP contribution in [-0.2, 0) is 0 Å². The first-order valence-corrected chi connectivity index (χ1v) is 5.81. The summed E-state index contributed by atoms with van der Waals surface area (Å²) in [5, 5.41) is 7.24.